The maximum Gasteiger partial charge on any atom is 0.108 e. The fraction of sp³-hybridized carbons (Fsp3) is 0.154. The van der Waals surface area contributed by atoms with Gasteiger partial charge in [-0.1, -0.05) is 12.1 Å². The molecule has 0 aliphatic heterocycles. The van der Waals surface area contributed by atoms with E-state index < -0.39 is 0 Å². The van der Waals surface area contributed by atoms with Crippen molar-refractivity contribution in [3.05, 3.63) is 53.3 Å². The molecule has 0 spiro atoms. The zero-order valence-electron chi connectivity index (χ0n) is 9.71. The molecule has 0 bridgehead atoms. The van der Waals surface area contributed by atoms with Crippen molar-refractivity contribution in [1.29, 1.82) is 0 Å². The minimum absolute atomic E-state index is 0.712. The minimum Gasteiger partial charge on any atom is -0.305 e. The van der Waals surface area contributed by atoms with Crippen LogP contribution in [0.25, 0.3) is 10.2 Å². The highest BCUT2D eigenvalue weighted by Crippen LogP contribution is 2.21. The van der Waals surface area contributed by atoms with Crippen LogP contribution >= 0.6 is 11.3 Å². The lowest BCUT2D eigenvalue weighted by molar-refractivity contribution is 0.668. The standard InChI is InChI=1S/C13H12N4S/c1-2-6-12-11(5-1)16-13(18-12)9-14-8-10-4-3-7-15-17-10/h1-7,14H,8-9H2. The number of aromatic nitrogens is 3. The van der Waals surface area contributed by atoms with E-state index in [1.807, 2.05) is 30.3 Å². The van der Waals surface area contributed by atoms with Gasteiger partial charge in [-0.15, -0.1) is 11.3 Å². The van der Waals surface area contributed by atoms with Crippen LogP contribution in [-0.2, 0) is 13.1 Å². The average molecular weight is 256 g/mol. The minimum atomic E-state index is 0.712. The Morgan fingerprint density at radius 1 is 1.06 bits per heavy atom. The zero-order chi connectivity index (χ0) is 12.2. The van der Waals surface area contributed by atoms with Gasteiger partial charge in [0.25, 0.3) is 0 Å². The van der Waals surface area contributed by atoms with Crippen LogP contribution in [0, 0.1) is 0 Å². The van der Waals surface area contributed by atoms with Crippen LogP contribution < -0.4 is 5.32 Å². The van der Waals surface area contributed by atoms with Gasteiger partial charge in [0.15, 0.2) is 0 Å². The van der Waals surface area contributed by atoms with Crippen molar-refractivity contribution in [1.82, 2.24) is 20.5 Å². The number of thiazole rings is 1. The zero-order valence-corrected chi connectivity index (χ0v) is 10.5. The monoisotopic (exact) mass is 256 g/mol. The molecule has 2 heterocycles. The third-order valence-electron chi connectivity index (χ3n) is 2.55. The predicted molar refractivity (Wildman–Crippen MR) is 72.2 cm³/mol. The van der Waals surface area contributed by atoms with Crippen molar-refractivity contribution in [2.24, 2.45) is 0 Å². The molecule has 0 atom stereocenters. The Bertz CT molecular complexity index is 603. The molecule has 0 aliphatic carbocycles. The average Bonchev–Trinajstić information content (AvgIpc) is 2.82. The smallest absolute Gasteiger partial charge is 0.108 e. The van der Waals surface area contributed by atoms with Crippen LogP contribution in [0.4, 0.5) is 0 Å². The van der Waals surface area contributed by atoms with Crippen molar-refractivity contribution in [2.45, 2.75) is 13.1 Å². The second-order valence-electron chi connectivity index (χ2n) is 3.89. The first kappa shape index (κ1) is 11.3. The summed E-state index contributed by atoms with van der Waals surface area (Å²) in [6.45, 7) is 1.47. The molecule has 1 aromatic carbocycles. The molecule has 90 valence electrons. The molecule has 0 fully saturated rings. The highest BCUT2D eigenvalue weighted by atomic mass is 32.1. The summed E-state index contributed by atoms with van der Waals surface area (Å²) in [6.07, 6.45) is 1.68. The number of nitrogens with one attached hydrogen (secondary N) is 1. The molecule has 4 nitrogen and oxygen atoms in total. The molecule has 18 heavy (non-hydrogen) atoms. The lowest BCUT2D eigenvalue weighted by Crippen LogP contribution is -2.13. The Morgan fingerprint density at radius 3 is 2.83 bits per heavy atom. The largest absolute Gasteiger partial charge is 0.305 e. The molecule has 0 saturated carbocycles. The Balaban J connectivity index is 1.63. The van der Waals surface area contributed by atoms with Gasteiger partial charge in [-0.25, -0.2) is 4.98 Å². The van der Waals surface area contributed by atoms with E-state index in [1.165, 1.54) is 4.70 Å². The molecule has 0 amide bonds. The molecule has 1 N–H and O–H groups in total. The van der Waals surface area contributed by atoms with Gasteiger partial charge in [0, 0.05) is 19.3 Å². The van der Waals surface area contributed by atoms with Gasteiger partial charge < -0.3 is 5.32 Å². The van der Waals surface area contributed by atoms with Crippen LogP contribution in [0.1, 0.15) is 10.7 Å². The van der Waals surface area contributed by atoms with Gasteiger partial charge in [-0.3, -0.25) is 0 Å². The second-order valence-corrected chi connectivity index (χ2v) is 5.01. The Hall–Kier alpha value is -1.85. The number of rotatable bonds is 4. The highest BCUT2D eigenvalue weighted by Gasteiger charge is 2.02. The molecule has 0 saturated heterocycles. The summed E-state index contributed by atoms with van der Waals surface area (Å²) in [6, 6.07) is 12.0. The first-order valence-corrected chi connectivity index (χ1v) is 6.55. The molecule has 2 aromatic heterocycles. The third kappa shape index (κ3) is 2.52. The van der Waals surface area contributed by atoms with E-state index in [2.05, 4.69) is 26.6 Å². The maximum atomic E-state index is 4.56. The molecule has 0 unspecified atom stereocenters. The molecular formula is C13H12N4S. The van der Waals surface area contributed by atoms with E-state index in [0.29, 0.717) is 6.54 Å². The topological polar surface area (TPSA) is 50.7 Å². The number of para-hydroxylation sites is 1. The summed E-state index contributed by atoms with van der Waals surface area (Å²) in [4.78, 5) is 4.56. The normalized spacial score (nSPS) is 10.9. The van der Waals surface area contributed by atoms with Crippen LogP contribution in [-0.4, -0.2) is 15.2 Å². The third-order valence-corrected chi connectivity index (χ3v) is 3.58. The van der Waals surface area contributed by atoms with Crippen LogP contribution in [0.3, 0.4) is 0 Å². The van der Waals surface area contributed by atoms with Crippen molar-refractivity contribution in [2.75, 3.05) is 0 Å². The molecule has 3 aromatic rings. The summed E-state index contributed by atoms with van der Waals surface area (Å²) in [5, 5.41) is 12.3. The number of hydrogen-bond donors (Lipinski definition) is 1. The van der Waals surface area contributed by atoms with Gasteiger partial charge in [-0.2, -0.15) is 10.2 Å². The van der Waals surface area contributed by atoms with Gasteiger partial charge in [-0.05, 0) is 24.3 Å². The number of benzene rings is 1. The number of nitrogens with zero attached hydrogens (tertiary/aromatic N) is 3. The maximum absolute atomic E-state index is 4.56. The lowest BCUT2D eigenvalue weighted by atomic mass is 10.3. The van der Waals surface area contributed by atoms with Crippen molar-refractivity contribution in [3.63, 3.8) is 0 Å². The summed E-state index contributed by atoms with van der Waals surface area (Å²) in [5.41, 5.74) is 2.01. The van der Waals surface area contributed by atoms with E-state index in [1.54, 1.807) is 17.5 Å². The molecular weight excluding hydrogens is 244 g/mol. The quantitative estimate of drug-likeness (QED) is 0.778. The second kappa shape index (κ2) is 5.20. The SMILES string of the molecule is c1cnnc(CNCc2nc3ccccc3s2)c1. The Kier molecular flexibility index (Phi) is 3.25. The number of fused-ring (bicyclic) bond motifs is 1. The first-order valence-electron chi connectivity index (χ1n) is 5.73. The summed E-state index contributed by atoms with van der Waals surface area (Å²) < 4.78 is 1.23. The van der Waals surface area contributed by atoms with Gasteiger partial charge in [0.05, 0.1) is 15.9 Å². The van der Waals surface area contributed by atoms with Gasteiger partial charge in [0.1, 0.15) is 5.01 Å². The van der Waals surface area contributed by atoms with Crippen molar-refractivity contribution >= 4 is 21.6 Å². The van der Waals surface area contributed by atoms with Crippen LogP contribution in [0.15, 0.2) is 42.6 Å². The van der Waals surface area contributed by atoms with Crippen LogP contribution in [0.5, 0.6) is 0 Å². The highest BCUT2D eigenvalue weighted by molar-refractivity contribution is 7.18. The van der Waals surface area contributed by atoms with Crippen molar-refractivity contribution < 1.29 is 0 Å². The fourth-order valence-corrected chi connectivity index (χ4v) is 2.66. The summed E-state index contributed by atoms with van der Waals surface area (Å²) >= 11 is 1.72. The van der Waals surface area contributed by atoms with E-state index in [4.69, 9.17) is 0 Å². The Morgan fingerprint density at radius 2 is 2.00 bits per heavy atom. The molecule has 3 rings (SSSR count). The van der Waals surface area contributed by atoms with Crippen molar-refractivity contribution in [3.8, 4) is 0 Å². The summed E-state index contributed by atoms with van der Waals surface area (Å²) in [7, 11) is 0. The lowest BCUT2D eigenvalue weighted by Gasteiger charge is -2.00. The summed E-state index contributed by atoms with van der Waals surface area (Å²) in [5.74, 6) is 0. The predicted octanol–water partition coefficient (Wildman–Crippen LogP) is 2.38. The number of hydrogen-bond acceptors (Lipinski definition) is 5. The molecule has 0 radical (unpaired) electrons. The van der Waals surface area contributed by atoms with E-state index in [-0.39, 0.29) is 0 Å². The van der Waals surface area contributed by atoms with E-state index in [0.717, 1.165) is 22.8 Å². The van der Waals surface area contributed by atoms with E-state index in [9.17, 15) is 0 Å². The van der Waals surface area contributed by atoms with Gasteiger partial charge in [0.2, 0.25) is 0 Å². The molecule has 5 heteroatoms. The first-order chi connectivity index (χ1) is 8.92. The Labute approximate surface area is 109 Å². The van der Waals surface area contributed by atoms with E-state index >= 15 is 0 Å². The molecule has 0 aliphatic rings. The van der Waals surface area contributed by atoms with Gasteiger partial charge >= 0.3 is 0 Å². The van der Waals surface area contributed by atoms with Crippen LogP contribution in [0.2, 0.25) is 0 Å². The fourth-order valence-electron chi connectivity index (χ4n) is 1.72.